The third kappa shape index (κ3) is 4.40. The SMILES string of the molecule is CCN1CCOC(CNCCCC2CC2)C1. The van der Waals surface area contributed by atoms with Gasteiger partial charge in [-0.05, 0) is 31.8 Å². The van der Waals surface area contributed by atoms with Gasteiger partial charge in [0.15, 0.2) is 0 Å². The summed E-state index contributed by atoms with van der Waals surface area (Å²) in [6.07, 6.45) is 6.15. The van der Waals surface area contributed by atoms with Crippen molar-refractivity contribution in [2.75, 3.05) is 39.3 Å². The molecule has 0 spiro atoms. The number of hydrogen-bond acceptors (Lipinski definition) is 3. The lowest BCUT2D eigenvalue weighted by Crippen LogP contribution is -2.46. The molecule has 94 valence electrons. The average molecular weight is 226 g/mol. The van der Waals surface area contributed by atoms with E-state index in [9.17, 15) is 0 Å². The maximum absolute atomic E-state index is 5.75. The maximum Gasteiger partial charge on any atom is 0.0826 e. The van der Waals surface area contributed by atoms with E-state index in [4.69, 9.17) is 4.74 Å². The van der Waals surface area contributed by atoms with Crippen molar-refractivity contribution >= 4 is 0 Å². The van der Waals surface area contributed by atoms with E-state index in [2.05, 4.69) is 17.1 Å². The van der Waals surface area contributed by atoms with E-state index in [1.54, 1.807) is 0 Å². The Hall–Kier alpha value is -0.120. The van der Waals surface area contributed by atoms with E-state index < -0.39 is 0 Å². The van der Waals surface area contributed by atoms with Crippen molar-refractivity contribution in [1.82, 2.24) is 10.2 Å². The average Bonchev–Trinajstić information content (AvgIpc) is 3.13. The monoisotopic (exact) mass is 226 g/mol. The number of hydrogen-bond donors (Lipinski definition) is 1. The molecule has 0 amide bonds. The molecule has 1 saturated carbocycles. The van der Waals surface area contributed by atoms with Gasteiger partial charge in [0.25, 0.3) is 0 Å². The Balaban J connectivity index is 1.47. The standard InChI is InChI=1S/C13H26N2O/c1-2-15-8-9-16-13(11-15)10-14-7-3-4-12-5-6-12/h12-14H,2-11H2,1H3. The van der Waals surface area contributed by atoms with Crippen molar-refractivity contribution in [1.29, 1.82) is 0 Å². The largest absolute Gasteiger partial charge is 0.374 e. The molecule has 2 fully saturated rings. The smallest absolute Gasteiger partial charge is 0.0826 e. The fraction of sp³-hybridized carbons (Fsp3) is 1.00. The van der Waals surface area contributed by atoms with Gasteiger partial charge in [-0.2, -0.15) is 0 Å². The van der Waals surface area contributed by atoms with Crippen molar-refractivity contribution in [2.24, 2.45) is 5.92 Å². The summed E-state index contributed by atoms with van der Waals surface area (Å²) >= 11 is 0. The van der Waals surface area contributed by atoms with Crippen LogP contribution >= 0.6 is 0 Å². The van der Waals surface area contributed by atoms with Crippen LogP contribution < -0.4 is 5.32 Å². The number of morpholine rings is 1. The molecule has 2 rings (SSSR count). The van der Waals surface area contributed by atoms with Crippen LogP contribution in [0.3, 0.4) is 0 Å². The summed E-state index contributed by atoms with van der Waals surface area (Å²) in [7, 11) is 0. The zero-order valence-corrected chi connectivity index (χ0v) is 10.6. The van der Waals surface area contributed by atoms with Crippen molar-refractivity contribution in [3.05, 3.63) is 0 Å². The highest BCUT2D eigenvalue weighted by Crippen LogP contribution is 2.33. The Kier molecular flexibility index (Phi) is 5.07. The highest BCUT2D eigenvalue weighted by atomic mass is 16.5. The van der Waals surface area contributed by atoms with Crippen LogP contribution in [0.2, 0.25) is 0 Å². The van der Waals surface area contributed by atoms with E-state index in [1.807, 2.05) is 0 Å². The van der Waals surface area contributed by atoms with Crippen molar-refractivity contribution in [3.63, 3.8) is 0 Å². The minimum Gasteiger partial charge on any atom is -0.374 e. The quantitative estimate of drug-likeness (QED) is 0.666. The minimum absolute atomic E-state index is 0.412. The summed E-state index contributed by atoms with van der Waals surface area (Å²) in [4.78, 5) is 2.47. The van der Waals surface area contributed by atoms with Crippen LogP contribution in [-0.4, -0.2) is 50.3 Å². The van der Waals surface area contributed by atoms with Crippen molar-refractivity contribution < 1.29 is 4.74 Å². The molecule has 1 atom stereocenters. The predicted molar refractivity (Wildman–Crippen MR) is 66.7 cm³/mol. The topological polar surface area (TPSA) is 24.5 Å². The molecule has 0 aromatic rings. The Morgan fingerprint density at radius 1 is 1.38 bits per heavy atom. The molecule has 0 aromatic heterocycles. The molecule has 3 nitrogen and oxygen atoms in total. The lowest BCUT2D eigenvalue weighted by atomic mass is 10.2. The normalized spacial score (nSPS) is 27.2. The number of nitrogens with zero attached hydrogens (tertiary/aromatic N) is 1. The second kappa shape index (κ2) is 6.58. The molecule has 1 heterocycles. The van der Waals surface area contributed by atoms with Crippen LogP contribution in [0, 0.1) is 5.92 Å². The molecule has 0 aromatic carbocycles. The first kappa shape index (κ1) is 12.3. The second-order valence-corrected chi connectivity index (χ2v) is 5.18. The summed E-state index contributed by atoms with van der Waals surface area (Å²) in [5.74, 6) is 1.07. The van der Waals surface area contributed by atoms with Gasteiger partial charge in [-0.1, -0.05) is 19.8 Å². The van der Waals surface area contributed by atoms with Gasteiger partial charge in [0.1, 0.15) is 0 Å². The summed E-state index contributed by atoms with van der Waals surface area (Å²) in [6.45, 7) is 8.69. The molecule has 2 aliphatic rings. The zero-order chi connectivity index (χ0) is 11.2. The number of ether oxygens (including phenoxy) is 1. The van der Waals surface area contributed by atoms with Gasteiger partial charge >= 0.3 is 0 Å². The van der Waals surface area contributed by atoms with Gasteiger partial charge < -0.3 is 10.1 Å². The Bertz CT molecular complexity index is 194. The number of rotatable bonds is 7. The van der Waals surface area contributed by atoms with Gasteiger partial charge in [-0.3, -0.25) is 4.90 Å². The van der Waals surface area contributed by atoms with Crippen molar-refractivity contribution in [2.45, 2.75) is 38.7 Å². The van der Waals surface area contributed by atoms with Crippen LogP contribution in [0.5, 0.6) is 0 Å². The van der Waals surface area contributed by atoms with E-state index in [0.29, 0.717) is 6.10 Å². The molecule has 1 aliphatic heterocycles. The first-order chi connectivity index (χ1) is 7.88. The van der Waals surface area contributed by atoms with Gasteiger partial charge in [-0.15, -0.1) is 0 Å². The molecule has 0 bridgehead atoms. The van der Waals surface area contributed by atoms with E-state index >= 15 is 0 Å². The summed E-state index contributed by atoms with van der Waals surface area (Å²) in [5, 5.41) is 3.53. The molecule has 1 saturated heterocycles. The van der Waals surface area contributed by atoms with Crippen LogP contribution in [0.1, 0.15) is 32.6 Å². The molecule has 16 heavy (non-hydrogen) atoms. The van der Waals surface area contributed by atoms with Crippen LogP contribution in [0.25, 0.3) is 0 Å². The first-order valence-corrected chi connectivity index (χ1v) is 6.93. The van der Waals surface area contributed by atoms with Gasteiger partial charge in [0.2, 0.25) is 0 Å². The minimum atomic E-state index is 0.412. The highest BCUT2D eigenvalue weighted by molar-refractivity contribution is 4.74. The summed E-state index contributed by atoms with van der Waals surface area (Å²) in [5.41, 5.74) is 0. The van der Waals surface area contributed by atoms with Crippen LogP contribution in [0.15, 0.2) is 0 Å². The zero-order valence-electron chi connectivity index (χ0n) is 10.6. The van der Waals surface area contributed by atoms with E-state index in [-0.39, 0.29) is 0 Å². The number of nitrogens with one attached hydrogen (secondary N) is 1. The van der Waals surface area contributed by atoms with Crippen molar-refractivity contribution in [3.8, 4) is 0 Å². The summed E-state index contributed by atoms with van der Waals surface area (Å²) in [6, 6.07) is 0. The third-order valence-electron chi connectivity index (χ3n) is 3.70. The van der Waals surface area contributed by atoms with Gasteiger partial charge in [0.05, 0.1) is 12.7 Å². The summed E-state index contributed by atoms with van der Waals surface area (Å²) < 4.78 is 5.75. The lowest BCUT2D eigenvalue weighted by molar-refractivity contribution is -0.0251. The van der Waals surface area contributed by atoms with Gasteiger partial charge in [0, 0.05) is 19.6 Å². The molecule has 1 unspecified atom stereocenters. The number of likely N-dealkylation sites (N-methyl/N-ethyl adjacent to an activating group) is 1. The Morgan fingerprint density at radius 3 is 3.00 bits per heavy atom. The second-order valence-electron chi connectivity index (χ2n) is 5.18. The van der Waals surface area contributed by atoms with Crippen LogP contribution in [0.4, 0.5) is 0 Å². The fourth-order valence-corrected chi connectivity index (χ4v) is 2.38. The maximum atomic E-state index is 5.75. The van der Waals surface area contributed by atoms with Gasteiger partial charge in [-0.25, -0.2) is 0 Å². The molecule has 1 aliphatic carbocycles. The van der Waals surface area contributed by atoms with Crippen LogP contribution in [-0.2, 0) is 4.74 Å². The van der Waals surface area contributed by atoms with E-state index in [1.165, 1.54) is 32.2 Å². The Morgan fingerprint density at radius 2 is 2.25 bits per heavy atom. The third-order valence-corrected chi connectivity index (χ3v) is 3.70. The van der Waals surface area contributed by atoms with E-state index in [0.717, 1.165) is 38.7 Å². The fourth-order valence-electron chi connectivity index (χ4n) is 2.38. The lowest BCUT2D eigenvalue weighted by Gasteiger charge is -2.32. The molecule has 3 heteroatoms. The highest BCUT2D eigenvalue weighted by Gasteiger charge is 2.20. The molecule has 0 radical (unpaired) electrons. The molecular weight excluding hydrogens is 200 g/mol. The molecule has 1 N–H and O–H groups in total. The predicted octanol–water partition coefficient (Wildman–Crippen LogP) is 1.49. The first-order valence-electron chi connectivity index (χ1n) is 6.93. The molecular formula is C13H26N2O. The Labute approximate surface area is 99.5 Å².